The number of hydrogen-bond acceptors (Lipinski definition) is 2. The second kappa shape index (κ2) is 3.50. The van der Waals surface area contributed by atoms with Gasteiger partial charge < -0.3 is 5.32 Å². The van der Waals surface area contributed by atoms with Gasteiger partial charge in [-0.05, 0) is 19.9 Å². The van der Waals surface area contributed by atoms with Crippen molar-refractivity contribution in [2.45, 2.75) is 31.7 Å². The molecule has 0 radical (unpaired) electrons. The van der Waals surface area contributed by atoms with Crippen LogP contribution in [0.25, 0.3) is 0 Å². The van der Waals surface area contributed by atoms with Gasteiger partial charge in [0.2, 0.25) is 0 Å². The molecule has 3 nitrogen and oxygen atoms in total. The van der Waals surface area contributed by atoms with Crippen LogP contribution in [0.4, 0.5) is 0 Å². The maximum atomic E-state index is 4.31. The number of aryl methyl sites for hydroxylation is 1. The third-order valence-corrected chi connectivity index (χ3v) is 2.92. The number of aromatic nitrogens is 2. The Hall–Kier alpha value is -0.830. The largest absolute Gasteiger partial charge is 0.316 e. The zero-order valence-electron chi connectivity index (χ0n) is 8.38. The molecule has 1 N–H and O–H groups in total. The van der Waals surface area contributed by atoms with E-state index in [2.05, 4.69) is 10.4 Å². The SMILES string of the molecule is CNCc1cnn(C)c1C1CCC1. The van der Waals surface area contributed by atoms with Gasteiger partial charge in [-0.1, -0.05) is 6.42 Å². The Labute approximate surface area is 79.1 Å². The molecule has 1 aromatic rings. The van der Waals surface area contributed by atoms with Crippen LogP contribution in [0, 0.1) is 0 Å². The van der Waals surface area contributed by atoms with E-state index in [-0.39, 0.29) is 0 Å². The zero-order chi connectivity index (χ0) is 9.26. The highest BCUT2D eigenvalue weighted by molar-refractivity contribution is 5.23. The lowest BCUT2D eigenvalue weighted by Gasteiger charge is -2.26. The summed E-state index contributed by atoms with van der Waals surface area (Å²) in [5.74, 6) is 0.774. The summed E-state index contributed by atoms with van der Waals surface area (Å²) in [5, 5.41) is 7.50. The van der Waals surface area contributed by atoms with Crippen molar-refractivity contribution in [2.24, 2.45) is 7.05 Å². The van der Waals surface area contributed by atoms with Gasteiger partial charge in [0.25, 0.3) is 0 Å². The Morgan fingerprint density at radius 2 is 2.38 bits per heavy atom. The third kappa shape index (κ3) is 1.48. The van der Waals surface area contributed by atoms with Gasteiger partial charge in [0.1, 0.15) is 0 Å². The monoisotopic (exact) mass is 179 g/mol. The maximum absolute atomic E-state index is 4.31. The van der Waals surface area contributed by atoms with Crippen molar-refractivity contribution in [1.29, 1.82) is 0 Å². The second-order valence-electron chi connectivity index (χ2n) is 3.84. The molecule has 0 spiro atoms. The van der Waals surface area contributed by atoms with Crippen molar-refractivity contribution in [3.05, 3.63) is 17.5 Å². The molecule has 0 saturated heterocycles. The van der Waals surface area contributed by atoms with E-state index in [4.69, 9.17) is 0 Å². The standard InChI is InChI=1S/C10H17N3/c1-11-6-9-7-12-13(2)10(9)8-4-3-5-8/h7-8,11H,3-6H2,1-2H3. The van der Waals surface area contributed by atoms with Crippen LogP contribution in [0.15, 0.2) is 6.20 Å². The molecule has 1 aliphatic rings. The van der Waals surface area contributed by atoms with E-state index in [0.29, 0.717) is 0 Å². The minimum absolute atomic E-state index is 0.774. The van der Waals surface area contributed by atoms with E-state index >= 15 is 0 Å². The smallest absolute Gasteiger partial charge is 0.0537 e. The normalized spacial score (nSPS) is 17.4. The molecule has 72 valence electrons. The Bertz CT molecular complexity index is 286. The van der Waals surface area contributed by atoms with Gasteiger partial charge in [-0.2, -0.15) is 5.10 Å². The van der Waals surface area contributed by atoms with Crippen LogP contribution < -0.4 is 5.32 Å². The molecule has 0 amide bonds. The van der Waals surface area contributed by atoms with Gasteiger partial charge in [-0.3, -0.25) is 4.68 Å². The predicted molar refractivity (Wildman–Crippen MR) is 52.6 cm³/mol. The van der Waals surface area contributed by atoms with Crippen molar-refractivity contribution < 1.29 is 0 Å². The Morgan fingerprint density at radius 3 is 2.92 bits per heavy atom. The molecule has 0 aromatic carbocycles. The summed E-state index contributed by atoms with van der Waals surface area (Å²) < 4.78 is 2.04. The first-order valence-corrected chi connectivity index (χ1v) is 4.98. The average molecular weight is 179 g/mol. The molecule has 2 rings (SSSR count). The van der Waals surface area contributed by atoms with Crippen molar-refractivity contribution in [2.75, 3.05) is 7.05 Å². The van der Waals surface area contributed by atoms with Crippen LogP contribution in [-0.2, 0) is 13.6 Å². The van der Waals surface area contributed by atoms with Gasteiger partial charge in [-0.15, -0.1) is 0 Å². The third-order valence-electron chi connectivity index (χ3n) is 2.92. The molecule has 1 aromatic heterocycles. The van der Waals surface area contributed by atoms with E-state index in [0.717, 1.165) is 12.5 Å². The first-order chi connectivity index (χ1) is 6.33. The molecule has 1 heterocycles. The molecule has 1 aliphatic carbocycles. The molecule has 1 fully saturated rings. The zero-order valence-corrected chi connectivity index (χ0v) is 8.38. The van der Waals surface area contributed by atoms with Gasteiger partial charge in [0, 0.05) is 30.8 Å². The highest BCUT2D eigenvalue weighted by Crippen LogP contribution is 2.37. The average Bonchev–Trinajstić information content (AvgIpc) is 2.34. The van der Waals surface area contributed by atoms with E-state index in [1.165, 1.54) is 30.5 Å². The van der Waals surface area contributed by atoms with Gasteiger partial charge in [0.15, 0.2) is 0 Å². The summed E-state index contributed by atoms with van der Waals surface area (Å²) in [7, 11) is 4.03. The van der Waals surface area contributed by atoms with Crippen molar-refractivity contribution in [3.8, 4) is 0 Å². The second-order valence-corrected chi connectivity index (χ2v) is 3.84. The summed E-state index contributed by atoms with van der Waals surface area (Å²) in [6.07, 6.45) is 6.06. The van der Waals surface area contributed by atoms with Crippen molar-refractivity contribution >= 4 is 0 Å². The fraction of sp³-hybridized carbons (Fsp3) is 0.700. The number of nitrogens with one attached hydrogen (secondary N) is 1. The van der Waals surface area contributed by atoms with Crippen LogP contribution in [0.2, 0.25) is 0 Å². The van der Waals surface area contributed by atoms with Crippen LogP contribution in [0.1, 0.15) is 36.4 Å². The topological polar surface area (TPSA) is 29.9 Å². The summed E-state index contributed by atoms with van der Waals surface area (Å²) in [5.41, 5.74) is 2.82. The molecule has 0 atom stereocenters. The molecule has 13 heavy (non-hydrogen) atoms. The van der Waals surface area contributed by atoms with Crippen molar-refractivity contribution in [3.63, 3.8) is 0 Å². The summed E-state index contributed by atoms with van der Waals surface area (Å²) >= 11 is 0. The minimum Gasteiger partial charge on any atom is -0.316 e. The van der Waals surface area contributed by atoms with Crippen molar-refractivity contribution in [1.82, 2.24) is 15.1 Å². The van der Waals surface area contributed by atoms with Gasteiger partial charge in [0.05, 0.1) is 6.20 Å². The first kappa shape index (κ1) is 8.75. The molecular formula is C10H17N3. The summed E-state index contributed by atoms with van der Waals surface area (Å²) in [6, 6.07) is 0. The summed E-state index contributed by atoms with van der Waals surface area (Å²) in [6.45, 7) is 0.944. The highest BCUT2D eigenvalue weighted by atomic mass is 15.3. The lowest BCUT2D eigenvalue weighted by Crippen LogP contribution is -2.17. The Kier molecular flexibility index (Phi) is 2.36. The van der Waals surface area contributed by atoms with E-state index < -0.39 is 0 Å². The predicted octanol–water partition coefficient (Wildman–Crippen LogP) is 1.41. The molecule has 0 unspecified atom stereocenters. The maximum Gasteiger partial charge on any atom is 0.0537 e. The van der Waals surface area contributed by atoms with Crippen LogP contribution >= 0.6 is 0 Å². The lowest BCUT2D eigenvalue weighted by molar-refractivity contribution is 0.394. The van der Waals surface area contributed by atoms with Gasteiger partial charge in [-0.25, -0.2) is 0 Å². The molecule has 0 aliphatic heterocycles. The van der Waals surface area contributed by atoms with Gasteiger partial charge >= 0.3 is 0 Å². The van der Waals surface area contributed by atoms with Crippen LogP contribution in [0.5, 0.6) is 0 Å². The molecule has 1 saturated carbocycles. The Balaban J connectivity index is 2.23. The number of rotatable bonds is 3. The highest BCUT2D eigenvalue weighted by Gasteiger charge is 2.24. The molecule has 3 heteroatoms. The van der Waals surface area contributed by atoms with E-state index in [1.54, 1.807) is 0 Å². The fourth-order valence-electron chi connectivity index (χ4n) is 2.03. The fourth-order valence-corrected chi connectivity index (χ4v) is 2.03. The van der Waals surface area contributed by atoms with Crippen LogP contribution in [-0.4, -0.2) is 16.8 Å². The Morgan fingerprint density at radius 1 is 1.62 bits per heavy atom. The van der Waals surface area contributed by atoms with E-state index in [1.807, 2.05) is 25.0 Å². The van der Waals surface area contributed by atoms with E-state index in [9.17, 15) is 0 Å². The molecule has 0 bridgehead atoms. The van der Waals surface area contributed by atoms with Crippen LogP contribution in [0.3, 0.4) is 0 Å². The first-order valence-electron chi connectivity index (χ1n) is 4.98. The summed E-state index contributed by atoms with van der Waals surface area (Å²) in [4.78, 5) is 0. The lowest BCUT2D eigenvalue weighted by atomic mass is 9.81. The quantitative estimate of drug-likeness (QED) is 0.760. The molecular weight excluding hydrogens is 162 g/mol. The minimum atomic E-state index is 0.774. The number of hydrogen-bond donors (Lipinski definition) is 1. The number of nitrogens with zero attached hydrogens (tertiary/aromatic N) is 2.